The van der Waals surface area contributed by atoms with Gasteiger partial charge in [-0.05, 0) is 18.2 Å². The van der Waals surface area contributed by atoms with E-state index in [0.29, 0.717) is 0 Å². The van der Waals surface area contributed by atoms with Crippen molar-refractivity contribution in [3.8, 4) is 0 Å². The third kappa shape index (κ3) is 4.32. The zero-order chi connectivity index (χ0) is 14.6. The molecule has 0 aliphatic carbocycles. The van der Waals surface area contributed by atoms with Crippen LogP contribution in [0.25, 0.3) is 0 Å². The molecule has 1 aromatic rings. The standard InChI is InChI=1S/C10H11Cl2NO5S/c1-18-8(10(14)15)5-13-19(16,17)9-4-6(11)2-3-7(9)12/h2-4,8,13H,5H2,1H3,(H,14,15). The van der Waals surface area contributed by atoms with Crippen LogP contribution in [0.4, 0.5) is 0 Å². The Hall–Kier alpha value is -0.860. The number of carboxylic acid groups (broad SMARTS) is 1. The molecule has 9 heteroatoms. The average Bonchev–Trinajstić information content (AvgIpc) is 2.32. The van der Waals surface area contributed by atoms with Crippen LogP contribution in [-0.4, -0.2) is 39.3 Å². The molecule has 0 radical (unpaired) electrons. The maximum atomic E-state index is 11.9. The molecular formula is C10H11Cl2NO5S. The van der Waals surface area contributed by atoms with Crippen LogP contribution in [0.1, 0.15) is 0 Å². The fourth-order valence-corrected chi connectivity index (χ4v) is 3.01. The Morgan fingerprint density at radius 3 is 2.63 bits per heavy atom. The molecule has 1 atom stereocenters. The summed E-state index contributed by atoms with van der Waals surface area (Å²) in [5.74, 6) is -1.28. The second-order valence-electron chi connectivity index (χ2n) is 3.49. The first-order valence-corrected chi connectivity index (χ1v) is 7.22. The van der Waals surface area contributed by atoms with E-state index in [1.807, 2.05) is 0 Å². The monoisotopic (exact) mass is 327 g/mol. The lowest BCUT2D eigenvalue weighted by molar-refractivity contribution is -0.147. The van der Waals surface area contributed by atoms with E-state index in [0.717, 1.165) is 0 Å². The molecule has 0 fully saturated rings. The number of benzene rings is 1. The Morgan fingerprint density at radius 1 is 1.47 bits per heavy atom. The van der Waals surface area contributed by atoms with Gasteiger partial charge in [0, 0.05) is 18.7 Å². The number of methoxy groups -OCH3 is 1. The van der Waals surface area contributed by atoms with Gasteiger partial charge in [-0.1, -0.05) is 23.2 Å². The third-order valence-electron chi connectivity index (χ3n) is 2.20. The van der Waals surface area contributed by atoms with Crippen molar-refractivity contribution in [3.63, 3.8) is 0 Å². The number of sulfonamides is 1. The number of carbonyl (C=O) groups is 1. The van der Waals surface area contributed by atoms with E-state index in [4.69, 9.17) is 28.3 Å². The Labute approximate surface area is 120 Å². The minimum absolute atomic E-state index is 0.0128. The minimum atomic E-state index is -3.96. The summed E-state index contributed by atoms with van der Waals surface area (Å²) < 4.78 is 30.6. The van der Waals surface area contributed by atoms with Crippen molar-refractivity contribution in [2.24, 2.45) is 0 Å². The van der Waals surface area contributed by atoms with Crippen molar-refractivity contribution in [1.29, 1.82) is 0 Å². The second-order valence-corrected chi connectivity index (χ2v) is 6.07. The summed E-state index contributed by atoms with van der Waals surface area (Å²) >= 11 is 11.5. The van der Waals surface area contributed by atoms with Gasteiger partial charge in [-0.2, -0.15) is 0 Å². The first-order valence-electron chi connectivity index (χ1n) is 4.98. The van der Waals surface area contributed by atoms with Gasteiger partial charge in [-0.3, -0.25) is 0 Å². The number of halogens is 2. The van der Waals surface area contributed by atoms with E-state index >= 15 is 0 Å². The summed E-state index contributed by atoms with van der Waals surface area (Å²) in [5.41, 5.74) is 0. The number of hydrogen-bond donors (Lipinski definition) is 2. The van der Waals surface area contributed by atoms with Gasteiger partial charge in [-0.25, -0.2) is 17.9 Å². The largest absolute Gasteiger partial charge is 0.479 e. The fraction of sp³-hybridized carbons (Fsp3) is 0.300. The fourth-order valence-electron chi connectivity index (χ4n) is 1.22. The molecule has 0 spiro atoms. The van der Waals surface area contributed by atoms with Crippen LogP contribution >= 0.6 is 23.2 Å². The van der Waals surface area contributed by atoms with Crippen molar-refractivity contribution >= 4 is 39.2 Å². The summed E-state index contributed by atoms with van der Waals surface area (Å²) in [5, 5.41) is 8.92. The molecule has 106 valence electrons. The van der Waals surface area contributed by atoms with Gasteiger partial charge in [0.2, 0.25) is 10.0 Å². The van der Waals surface area contributed by atoms with Crippen molar-refractivity contribution in [2.75, 3.05) is 13.7 Å². The highest BCUT2D eigenvalue weighted by atomic mass is 35.5. The molecule has 0 saturated carbocycles. The maximum absolute atomic E-state index is 11.9. The molecule has 0 aromatic heterocycles. The van der Waals surface area contributed by atoms with Gasteiger partial charge >= 0.3 is 5.97 Å². The summed E-state index contributed by atoms with van der Waals surface area (Å²) in [6, 6.07) is 3.95. The number of nitrogens with one attached hydrogen (secondary N) is 1. The number of ether oxygens (including phenoxy) is 1. The molecule has 1 aromatic carbocycles. The Kier molecular flexibility index (Phi) is 5.57. The molecule has 0 aliphatic rings. The van der Waals surface area contributed by atoms with Gasteiger partial charge in [0.25, 0.3) is 0 Å². The number of carboxylic acids is 1. The van der Waals surface area contributed by atoms with E-state index in [1.54, 1.807) is 0 Å². The molecule has 0 aliphatic heterocycles. The van der Waals surface area contributed by atoms with Gasteiger partial charge in [0.05, 0.1) is 5.02 Å². The van der Waals surface area contributed by atoms with Crippen LogP contribution in [0.2, 0.25) is 10.0 Å². The maximum Gasteiger partial charge on any atom is 0.334 e. The molecule has 1 rings (SSSR count). The van der Waals surface area contributed by atoms with E-state index in [-0.39, 0.29) is 14.9 Å². The van der Waals surface area contributed by atoms with Gasteiger partial charge in [-0.15, -0.1) is 0 Å². The van der Waals surface area contributed by atoms with Crippen molar-refractivity contribution in [2.45, 2.75) is 11.0 Å². The summed E-state index contributed by atoms with van der Waals surface area (Å²) in [4.78, 5) is 10.5. The first kappa shape index (κ1) is 16.2. The molecule has 0 heterocycles. The molecule has 19 heavy (non-hydrogen) atoms. The van der Waals surface area contributed by atoms with E-state index in [9.17, 15) is 13.2 Å². The van der Waals surface area contributed by atoms with Crippen LogP contribution in [0.5, 0.6) is 0 Å². The molecular weight excluding hydrogens is 317 g/mol. The summed E-state index contributed by atoms with van der Waals surface area (Å²) in [6.07, 6.45) is -1.28. The smallest absolute Gasteiger partial charge is 0.334 e. The lowest BCUT2D eigenvalue weighted by Gasteiger charge is -2.12. The highest BCUT2D eigenvalue weighted by Gasteiger charge is 2.23. The molecule has 2 N–H and O–H groups in total. The molecule has 0 saturated heterocycles. The van der Waals surface area contributed by atoms with E-state index in [1.165, 1.54) is 25.3 Å². The molecule has 6 nitrogen and oxygen atoms in total. The Balaban J connectivity index is 2.93. The Morgan fingerprint density at radius 2 is 2.11 bits per heavy atom. The zero-order valence-electron chi connectivity index (χ0n) is 9.76. The zero-order valence-corrected chi connectivity index (χ0v) is 12.1. The summed E-state index contributed by atoms with van der Waals surface area (Å²) in [7, 11) is -2.80. The van der Waals surface area contributed by atoms with Crippen LogP contribution < -0.4 is 4.72 Å². The molecule has 1 unspecified atom stereocenters. The van der Waals surface area contributed by atoms with E-state index < -0.39 is 28.6 Å². The third-order valence-corrected chi connectivity index (χ3v) is 4.34. The predicted molar refractivity (Wildman–Crippen MR) is 70.1 cm³/mol. The van der Waals surface area contributed by atoms with Crippen LogP contribution in [0.3, 0.4) is 0 Å². The number of rotatable bonds is 6. The van der Waals surface area contributed by atoms with Gasteiger partial charge in [0.15, 0.2) is 6.10 Å². The van der Waals surface area contributed by atoms with Gasteiger partial charge in [0.1, 0.15) is 4.90 Å². The summed E-state index contributed by atoms with van der Waals surface area (Å²) in [6.45, 7) is -0.420. The molecule has 0 bridgehead atoms. The highest BCUT2D eigenvalue weighted by molar-refractivity contribution is 7.89. The van der Waals surface area contributed by atoms with E-state index in [2.05, 4.69) is 9.46 Å². The predicted octanol–water partition coefficient (Wildman–Crippen LogP) is 1.37. The van der Waals surface area contributed by atoms with Crippen LogP contribution in [-0.2, 0) is 19.6 Å². The normalized spacial score (nSPS) is 13.2. The minimum Gasteiger partial charge on any atom is -0.479 e. The topological polar surface area (TPSA) is 92.7 Å². The lowest BCUT2D eigenvalue weighted by Crippen LogP contribution is -2.37. The van der Waals surface area contributed by atoms with Crippen molar-refractivity contribution in [1.82, 2.24) is 4.72 Å². The van der Waals surface area contributed by atoms with Gasteiger partial charge < -0.3 is 9.84 Å². The quantitative estimate of drug-likeness (QED) is 0.823. The van der Waals surface area contributed by atoms with Crippen LogP contribution in [0.15, 0.2) is 23.1 Å². The average molecular weight is 328 g/mol. The van der Waals surface area contributed by atoms with Crippen LogP contribution in [0, 0.1) is 0 Å². The molecule has 0 amide bonds. The first-order chi connectivity index (χ1) is 8.77. The number of hydrogen-bond acceptors (Lipinski definition) is 4. The SMILES string of the molecule is COC(CNS(=O)(=O)c1cc(Cl)ccc1Cl)C(=O)O. The Bertz CT molecular complexity index is 575. The number of aliphatic carboxylic acids is 1. The van der Waals surface area contributed by atoms with Crippen molar-refractivity contribution < 1.29 is 23.1 Å². The lowest BCUT2D eigenvalue weighted by atomic mass is 10.4. The second kappa shape index (κ2) is 6.53. The highest BCUT2D eigenvalue weighted by Crippen LogP contribution is 2.24. The van der Waals surface area contributed by atoms with Crippen molar-refractivity contribution in [3.05, 3.63) is 28.2 Å².